The highest BCUT2D eigenvalue weighted by molar-refractivity contribution is 7.98. The Kier molecular flexibility index (Phi) is 7.60. The van der Waals surface area contributed by atoms with Crippen LogP contribution in [0.25, 0.3) is 0 Å². The number of amides is 1. The van der Waals surface area contributed by atoms with Crippen LogP contribution in [0.4, 0.5) is 0 Å². The number of ether oxygens (including phenoxy) is 1. The van der Waals surface area contributed by atoms with Gasteiger partial charge in [-0.1, -0.05) is 32.9 Å². The Hall–Kier alpha value is -1.69. The van der Waals surface area contributed by atoms with Gasteiger partial charge in [-0.15, -0.1) is 0 Å². The maximum Gasteiger partial charge on any atom is 0.326 e. The lowest BCUT2D eigenvalue weighted by molar-refractivity contribution is -0.142. The van der Waals surface area contributed by atoms with E-state index in [0.717, 1.165) is 11.1 Å². The molecule has 0 spiro atoms. The number of carbonyl (C=O) groups is 2. The van der Waals surface area contributed by atoms with Crippen LogP contribution >= 0.6 is 11.8 Å². The van der Waals surface area contributed by atoms with Gasteiger partial charge in [0.05, 0.1) is 0 Å². The molecule has 134 valence electrons. The molecule has 0 aromatic heterocycles. The van der Waals surface area contributed by atoms with Crippen molar-refractivity contribution < 1.29 is 19.4 Å². The molecule has 0 radical (unpaired) electrons. The highest BCUT2D eigenvalue weighted by Crippen LogP contribution is 2.32. The second-order valence-electron chi connectivity index (χ2n) is 6.78. The molecule has 0 aliphatic heterocycles. The summed E-state index contributed by atoms with van der Waals surface area (Å²) in [6.07, 6.45) is 2.29. The van der Waals surface area contributed by atoms with Gasteiger partial charge >= 0.3 is 5.97 Å². The van der Waals surface area contributed by atoms with Gasteiger partial charge in [0.2, 0.25) is 0 Å². The fourth-order valence-electron chi connectivity index (χ4n) is 2.24. The van der Waals surface area contributed by atoms with E-state index in [1.54, 1.807) is 11.8 Å². The van der Waals surface area contributed by atoms with Gasteiger partial charge in [-0.05, 0) is 48.0 Å². The van der Waals surface area contributed by atoms with Crippen LogP contribution in [0.15, 0.2) is 18.2 Å². The third kappa shape index (κ3) is 6.43. The summed E-state index contributed by atoms with van der Waals surface area (Å²) in [7, 11) is 0. The standard InChI is InChI=1S/C18H27NO4S/c1-12-6-7-13(18(2,3)4)15(10-12)23-11-16(20)19-14(17(21)22)8-9-24-5/h6-7,10,14H,8-9,11H2,1-5H3,(H,19,20)(H,21,22)/t14-/m0/s1. The van der Waals surface area contributed by atoms with E-state index in [1.165, 1.54) is 0 Å². The van der Waals surface area contributed by atoms with E-state index in [4.69, 9.17) is 9.84 Å². The van der Waals surface area contributed by atoms with Gasteiger partial charge in [0.25, 0.3) is 5.91 Å². The fourth-order valence-corrected chi connectivity index (χ4v) is 2.71. The van der Waals surface area contributed by atoms with E-state index >= 15 is 0 Å². The number of thioether (sulfide) groups is 1. The van der Waals surface area contributed by atoms with E-state index < -0.39 is 17.9 Å². The van der Waals surface area contributed by atoms with Gasteiger partial charge in [-0.25, -0.2) is 4.79 Å². The van der Waals surface area contributed by atoms with E-state index in [1.807, 2.05) is 31.4 Å². The second-order valence-corrected chi connectivity index (χ2v) is 7.76. The molecule has 1 aromatic rings. The molecule has 1 rings (SSSR count). The molecule has 1 aromatic carbocycles. The minimum absolute atomic E-state index is 0.110. The van der Waals surface area contributed by atoms with Crippen molar-refractivity contribution in [3.63, 3.8) is 0 Å². The zero-order chi connectivity index (χ0) is 18.3. The quantitative estimate of drug-likeness (QED) is 0.751. The van der Waals surface area contributed by atoms with Crippen molar-refractivity contribution >= 4 is 23.6 Å². The summed E-state index contributed by atoms with van der Waals surface area (Å²) in [6.45, 7) is 7.99. The molecule has 0 saturated carbocycles. The first-order valence-corrected chi connectivity index (χ1v) is 9.29. The predicted molar refractivity (Wildman–Crippen MR) is 97.9 cm³/mol. The number of benzene rings is 1. The lowest BCUT2D eigenvalue weighted by atomic mass is 9.86. The Balaban J connectivity index is 2.73. The first kappa shape index (κ1) is 20.4. The van der Waals surface area contributed by atoms with Gasteiger partial charge < -0.3 is 15.2 Å². The van der Waals surface area contributed by atoms with Crippen LogP contribution in [0.5, 0.6) is 5.75 Å². The van der Waals surface area contributed by atoms with Crippen molar-refractivity contribution in [3.05, 3.63) is 29.3 Å². The predicted octanol–water partition coefficient (Wildman–Crippen LogP) is 2.99. The average Bonchev–Trinajstić information content (AvgIpc) is 2.47. The zero-order valence-electron chi connectivity index (χ0n) is 15.0. The van der Waals surface area contributed by atoms with E-state index in [9.17, 15) is 9.59 Å². The number of hydrogen-bond acceptors (Lipinski definition) is 4. The summed E-state index contributed by atoms with van der Waals surface area (Å²) in [5.41, 5.74) is 1.95. The molecule has 24 heavy (non-hydrogen) atoms. The molecule has 0 aliphatic carbocycles. The molecule has 1 amide bonds. The van der Waals surface area contributed by atoms with Gasteiger partial charge in [0.15, 0.2) is 6.61 Å². The summed E-state index contributed by atoms with van der Waals surface area (Å²) in [4.78, 5) is 23.2. The van der Waals surface area contributed by atoms with E-state index in [0.29, 0.717) is 17.9 Å². The summed E-state index contributed by atoms with van der Waals surface area (Å²) < 4.78 is 5.68. The summed E-state index contributed by atoms with van der Waals surface area (Å²) in [5.74, 6) is -0.119. The van der Waals surface area contributed by atoms with Crippen molar-refractivity contribution in [1.29, 1.82) is 0 Å². The fraction of sp³-hybridized carbons (Fsp3) is 0.556. The summed E-state index contributed by atoms with van der Waals surface area (Å²) >= 11 is 1.55. The summed E-state index contributed by atoms with van der Waals surface area (Å²) in [5, 5.41) is 11.7. The van der Waals surface area contributed by atoms with Crippen LogP contribution < -0.4 is 10.1 Å². The molecule has 6 heteroatoms. The molecule has 1 atom stereocenters. The van der Waals surface area contributed by atoms with E-state index in [-0.39, 0.29) is 12.0 Å². The maximum atomic E-state index is 12.0. The molecule has 5 nitrogen and oxygen atoms in total. The Labute approximate surface area is 148 Å². The number of aliphatic carboxylic acids is 1. The van der Waals surface area contributed by atoms with E-state index in [2.05, 4.69) is 26.1 Å². The molecule has 0 aliphatic rings. The van der Waals surface area contributed by atoms with Crippen molar-refractivity contribution in [3.8, 4) is 5.75 Å². The topological polar surface area (TPSA) is 75.6 Å². The number of carboxylic acid groups (broad SMARTS) is 1. The highest BCUT2D eigenvalue weighted by atomic mass is 32.2. The third-order valence-corrected chi connectivity index (χ3v) is 4.19. The van der Waals surface area contributed by atoms with Gasteiger partial charge in [-0.3, -0.25) is 4.79 Å². The molecule has 2 N–H and O–H groups in total. The molecule has 0 bridgehead atoms. The highest BCUT2D eigenvalue weighted by Gasteiger charge is 2.22. The van der Waals surface area contributed by atoms with Crippen LogP contribution in [0.1, 0.15) is 38.3 Å². The minimum Gasteiger partial charge on any atom is -0.483 e. The zero-order valence-corrected chi connectivity index (χ0v) is 15.8. The van der Waals surface area contributed by atoms with Gasteiger partial charge in [-0.2, -0.15) is 11.8 Å². The van der Waals surface area contributed by atoms with Crippen LogP contribution in [-0.4, -0.2) is 41.6 Å². The number of carbonyl (C=O) groups excluding carboxylic acids is 1. The summed E-state index contributed by atoms with van der Waals surface area (Å²) in [6, 6.07) is 5.03. The first-order valence-electron chi connectivity index (χ1n) is 7.90. The van der Waals surface area contributed by atoms with Crippen molar-refractivity contribution in [2.75, 3.05) is 18.6 Å². The number of carboxylic acids is 1. The number of aryl methyl sites for hydroxylation is 1. The Morgan fingerprint density at radius 3 is 2.54 bits per heavy atom. The van der Waals surface area contributed by atoms with Crippen LogP contribution in [-0.2, 0) is 15.0 Å². The lowest BCUT2D eigenvalue weighted by Gasteiger charge is -2.23. The SMILES string of the molecule is CSCC[C@H](NC(=O)COc1cc(C)ccc1C(C)(C)C)C(=O)O. The second kappa shape index (κ2) is 8.97. The molecular formula is C18H27NO4S. The Bertz CT molecular complexity index is 581. The monoisotopic (exact) mass is 353 g/mol. The first-order chi connectivity index (χ1) is 11.1. The molecule has 0 unspecified atom stereocenters. The van der Waals surface area contributed by atoms with Crippen LogP contribution in [0.3, 0.4) is 0 Å². The molecular weight excluding hydrogens is 326 g/mol. The smallest absolute Gasteiger partial charge is 0.326 e. The average molecular weight is 353 g/mol. The Morgan fingerprint density at radius 1 is 1.33 bits per heavy atom. The van der Waals surface area contributed by atoms with Crippen LogP contribution in [0.2, 0.25) is 0 Å². The van der Waals surface area contributed by atoms with Crippen molar-refractivity contribution in [2.45, 2.75) is 45.6 Å². The van der Waals surface area contributed by atoms with Crippen LogP contribution in [0, 0.1) is 6.92 Å². The molecule has 0 fully saturated rings. The lowest BCUT2D eigenvalue weighted by Crippen LogP contribution is -2.43. The number of hydrogen-bond donors (Lipinski definition) is 2. The number of nitrogens with one attached hydrogen (secondary N) is 1. The van der Waals surface area contributed by atoms with Crippen molar-refractivity contribution in [2.24, 2.45) is 0 Å². The minimum atomic E-state index is -1.02. The number of rotatable bonds is 8. The molecule has 0 saturated heterocycles. The maximum absolute atomic E-state index is 12.0. The molecule has 0 heterocycles. The van der Waals surface area contributed by atoms with Crippen molar-refractivity contribution in [1.82, 2.24) is 5.32 Å². The third-order valence-electron chi connectivity index (χ3n) is 3.55. The Morgan fingerprint density at radius 2 is 2.00 bits per heavy atom. The van der Waals surface area contributed by atoms with Gasteiger partial charge in [0, 0.05) is 0 Å². The van der Waals surface area contributed by atoms with Gasteiger partial charge in [0.1, 0.15) is 11.8 Å². The normalized spacial score (nSPS) is 12.5. The largest absolute Gasteiger partial charge is 0.483 e.